The Morgan fingerprint density at radius 1 is 1.35 bits per heavy atom. The fraction of sp³-hybridized carbons (Fsp3) is 0.632. The Morgan fingerprint density at radius 3 is 2.96 bits per heavy atom. The van der Waals surface area contributed by atoms with Crippen molar-refractivity contribution < 1.29 is 14.3 Å². The van der Waals surface area contributed by atoms with Crippen molar-refractivity contribution in [2.45, 2.75) is 63.8 Å². The number of nitrogens with two attached hydrogens (primary N) is 1. The summed E-state index contributed by atoms with van der Waals surface area (Å²) in [5.41, 5.74) is 9.25. The minimum absolute atomic E-state index is 0.0350. The minimum Gasteiger partial charge on any atom is -0.434 e. The van der Waals surface area contributed by atoms with Gasteiger partial charge in [-0.15, -0.1) is 0 Å². The van der Waals surface area contributed by atoms with Gasteiger partial charge in [0, 0.05) is 11.5 Å². The van der Waals surface area contributed by atoms with E-state index in [2.05, 4.69) is 13.0 Å². The van der Waals surface area contributed by atoms with Crippen molar-refractivity contribution in [1.82, 2.24) is 0 Å². The zero-order valence-corrected chi connectivity index (χ0v) is 14.1. The fourth-order valence-corrected chi connectivity index (χ4v) is 4.34. The van der Waals surface area contributed by atoms with E-state index in [0.29, 0.717) is 18.3 Å². The van der Waals surface area contributed by atoms with Crippen molar-refractivity contribution in [3.63, 3.8) is 0 Å². The third-order valence-corrected chi connectivity index (χ3v) is 5.66. The van der Waals surface area contributed by atoms with E-state index in [9.17, 15) is 4.79 Å². The lowest BCUT2D eigenvalue weighted by Gasteiger charge is -2.47. The summed E-state index contributed by atoms with van der Waals surface area (Å²) in [6.07, 6.45) is 6.48. The molecule has 2 aliphatic rings. The van der Waals surface area contributed by atoms with Crippen LogP contribution in [0.5, 0.6) is 5.75 Å². The van der Waals surface area contributed by atoms with Gasteiger partial charge in [0.05, 0.1) is 6.61 Å². The molecule has 0 heterocycles. The van der Waals surface area contributed by atoms with Gasteiger partial charge in [-0.05, 0) is 55.4 Å². The molecule has 2 N–H and O–H groups in total. The summed E-state index contributed by atoms with van der Waals surface area (Å²) in [7, 11) is 0. The van der Waals surface area contributed by atoms with E-state index < -0.39 is 6.16 Å². The number of carbonyl (C=O) groups excluding carboxylic acids is 1. The Balaban J connectivity index is 1.94. The van der Waals surface area contributed by atoms with Gasteiger partial charge in [-0.3, -0.25) is 0 Å². The van der Waals surface area contributed by atoms with Crippen LogP contribution in [0.25, 0.3) is 0 Å². The van der Waals surface area contributed by atoms with Crippen LogP contribution < -0.4 is 10.5 Å². The minimum atomic E-state index is -0.645. The average Bonchev–Trinajstić information content (AvgIpc) is 2.52. The Hall–Kier alpha value is -1.55. The van der Waals surface area contributed by atoms with Crippen LogP contribution in [0, 0.1) is 5.92 Å². The monoisotopic (exact) mass is 317 g/mol. The lowest BCUT2D eigenvalue weighted by molar-refractivity contribution is 0.104. The topological polar surface area (TPSA) is 61.5 Å². The Morgan fingerprint density at radius 2 is 2.17 bits per heavy atom. The van der Waals surface area contributed by atoms with Gasteiger partial charge in [-0.25, -0.2) is 4.79 Å². The molecular formula is C19H27NO3. The maximum atomic E-state index is 11.6. The van der Waals surface area contributed by atoms with Crippen LogP contribution in [0.15, 0.2) is 18.2 Å². The first-order valence-corrected chi connectivity index (χ1v) is 8.78. The molecule has 0 radical (unpaired) electrons. The summed E-state index contributed by atoms with van der Waals surface area (Å²) in [4.78, 5) is 11.6. The van der Waals surface area contributed by atoms with Crippen molar-refractivity contribution in [3.8, 4) is 5.75 Å². The number of hydrogen-bond donors (Lipinski definition) is 1. The number of ether oxygens (including phenoxy) is 2. The molecule has 1 fully saturated rings. The Bertz CT molecular complexity index is 586. The average molecular weight is 317 g/mol. The summed E-state index contributed by atoms with van der Waals surface area (Å²) >= 11 is 0. The zero-order chi connectivity index (χ0) is 16.4. The number of benzene rings is 1. The van der Waals surface area contributed by atoms with E-state index in [1.54, 1.807) is 6.92 Å². The second-order valence-corrected chi connectivity index (χ2v) is 7.11. The van der Waals surface area contributed by atoms with E-state index in [0.717, 1.165) is 12.8 Å². The van der Waals surface area contributed by atoms with Gasteiger partial charge in [0.2, 0.25) is 0 Å². The largest absolute Gasteiger partial charge is 0.513 e. The van der Waals surface area contributed by atoms with Gasteiger partial charge in [0.15, 0.2) is 0 Å². The normalized spacial score (nSPS) is 29.9. The number of carbonyl (C=O) groups is 1. The van der Waals surface area contributed by atoms with E-state index in [1.807, 2.05) is 12.1 Å². The van der Waals surface area contributed by atoms with Crippen LogP contribution >= 0.6 is 0 Å². The SMILES string of the molecule is CCOC(=O)Oc1ccc2c(c1)[C@@]1(C)CCCCC[C@@H](C2)[C@@H]1N. The second kappa shape index (κ2) is 6.52. The summed E-state index contributed by atoms with van der Waals surface area (Å²) < 4.78 is 10.2. The Labute approximate surface area is 138 Å². The summed E-state index contributed by atoms with van der Waals surface area (Å²) in [5, 5.41) is 0. The van der Waals surface area contributed by atoms with E-state index in [1.165, 1.54) is 36.8 Å². The van der Waals surface area contributed by atoms with Gasteiger partial charge in [-0.2, -0.15) is 0 Å². The molecule has 3 rings (SSSR count). The third kappa shape index (κ3) is 3.09. The number of fused-ring (bicyclic) bond motifs is 4. The molecule has 3 atom stereocenters. The van der Waals surface area contributed by atoms with Crippen molar-refractivity contribution in [1.29, 1.82) is 0 Å². The first kappa shape index (κ1) is 16.3. The van der Waals surface area contributed by atoms with E-state index in [-0.39, 0.29) is 11.5 Å². The molecule has 4 nitrogen and oxygen atoms in total. The highest BCUT2D eigenvalue weighted by Crippen LogP contribution is 2.46. The van der Waals surface area contributed by atoms with Gasteiger partial charge in [0.25, 0.3) is 0 Å². The molecule has 1 aromatic carbocycles. The highest BCUT2D eigenvalue weighted by molar-refractivity contribution is 5.64. The van der Waals surface area contributed by atoms with Crippen LogP contribution in [-0.2, 0) is 16.6 Å². The summed E-state index contributed by atoms with van der Waals surface area (Å²) in [5.74, 6) is 1.11. The molecule has 0 aromatic heterocycles. The molecule has 2 bridgehead atoms. The van der Waals surface area contributed by atoms with Crippen LogP contribution in [0.4, 0.5) is 4.79 Å². The highest BCUT2D eigenvalue weighted by Gasteiger charge is 2.43. The van der Waals surface area contributed by atoms with Gasteiger partial charge in [-0.1, -0.05) is 32.3 Å². The van der Waals surface area contributed by atoms with Crippen LogP contribution in [0.3, 0.4) is 0 Å². The molecule has 0 unspecified atom stereocenters. The molecule has 1 saturated carbocycles. The predicted octanol–water partition coefficient (Wildman–Crippen LogP) is 3.94. The fourth-order valence-electron chi connectivity index (χ4n) is 4.34. The molecule has 23 heavy (non-hydrogen) atoms. The molecule has 0 saturated heterocycles. The molecule has 2 aliphatic carbocycles. The first-order chi connectivity index (χ1) is 11.0. The maximum absolute atomic E-state index is 11.6. The molecular weight excluding hydrogens is 290 g/mol. The maximum Gasteiger partial charge on any atom is 0.513 e. The van der Waals surface area contributed by atoms with Crippen LogP contribution in [0.2, 0.25) is 0 Å². The highest BCUT2D eigenvalue weighted by atomic mass is 16.7. The molecule has 126 valence electrons. The summed E-state index contributed by atoms with van der Waals surface area (Å²) in [6.45, 7) is 4.36. The third-order valence-electron chi connectivity index (χ3n) is 5.66. The van der Waals surface area contributed by atoms with Crippen LogP contribution in [0.1, 0.15) is 57.1 Å². The second-order valence-electron chi connectivity index (χ2n) is 7.11. The molecule has 1 aromatic rings. The lowest BCUT2D eigenvalue weighted by Crippen LogP contribution is -2.52. The van der Waals surface area contributed by atoms with E-state index >= 15 is 0 Å². The summed E-state index contributed by atoms with van der Waals surface area (Å²) in [6, 6.07) is 6.15. The van der Waals surface area contributed by atoms with Crippen molar-refractivity contribution in [3.05, 3.63) is 29.3 Å². The molecule has 0 amide bonds. The number of hydrogen-bond acceptors (Lipinski definition) is 4. The quantitative estimate of drug-likeness (QED) is 0.663. The van der Waals surface area contributed by atoms with Gasteiger partial charge in [0.1, 0.15) is 5.75 Å². The van der Waals surface area contributed by atoms with Crippen molar-refractivity contribution in [2.24, 2.45) is 11.7 Å². The number of rotatable bonds is 2. The van der Waals surface area contributed by atoms with E-state index in [4.69, 9.17) is 15.2 Å². The zero-order valence-electron chi connectivity index (χ0n) is 14.1. The van der Waals surface area contributed by atoms with Gasteiger partial charge >= 0.3 is 6.16 Å². The van der Waals surface area contributed by atoms with Gasteiger partial charge < -0.3 is 15.2 Å². The Kier molecular flexibility index (Phi) is 4.62. The van der Waals surface area contributed by atoms with Crippen LogP contribution in [-0.4, -0.2) is 18.8 Å². The predicted molar refractivity (Wildman–Crippen MR) is 89.7 cm³/mol. The smallest absolute Gasteiger partial charge is 0.434 e. The first-order valence-electron chi connectivity index (χ1n) is 8.78. The standard InChI is InChI=1S/C19H27NO3/c1-3-22-18(21)23-15-9-8-13-11-14-7-5-4-6-10-19(2,17(14)20)16(13)12-15/h8-9,12,14,17H,3-7,10-11,20H2,1-2H3/t14-,17-,19+/m0/s1. The molecule has 4 heteroatoms. The molecule has 0 spiro atoms. The van der Waals surface area contributed by atoms with Crippen molar-refractivity contribution in [2.75, 3.05) is 6.61 Å². The van der Waals surface area contributed by atoms with Crippen molar-refractivity contribution >= 4 is 6.16 Å². The molecule has 0 aliphatic heterocycles. The lowest BCUT2D eigenvalue weighted by atomic mass is 9.60.